The van der Waals surface area contributed by atoms with Gasteiger partial charge in [-0.15, -0.1) is 5.10 Å². The first-order valence-electron chi connectivity index (χ1n) is 5.97. The Morgan fingerprint density at radius 2 is 2.05 bits per heavy atom. The summed E-state index contributed by atoms with van der Waals surface area (Å²) in [5.74, 6) is -1.56. The first kappa shape index (κ1) is 14.9. The molecule has 0 aliphatic rings. The van der Waals surface area contributed by atoms with Crippen LogP contribution in [0.4, 0.5) is 13.2 Å². The average Bonchev–Trinajstić information content (AvgIpc) is 2.83. The van der Waals surface area contributed by atoms with E-state index >= 15 is 0 Å². The highest BCUT2D eigenvalue weighted by Crippen LogP contribution is 2.34. The van der Waals surface area contributed by atoms with Crippen LogP contribution in [-0.4, -0.2) is 27.5 Å². The fourth-order valence-electron chi connectivity index (χ4n) is 1.80. The summed E-state index contributed by atoms with van der Waals surface area (Å²) in [6, 6.07) is 6.06. The molecule has 8 heteroatoms. The second-order valence-corrected chi connectivity index (χ2v) is 4.03. The predicted octanol–water partition coefficient (Wildman–Crippen LogP) is 2.99. The molecule has 112 valence electrons. The van der Waals surface area contributed by atoms with Crippen molar-refractivity contribution < 1.29 is 27.8 Å². The number of hydrogen-bond donors (Lipinski definition) is 1. The van der Waals surface area contributed by atoms with Crippen LogP contribution in [0, 0.1) is 0 Å². The molecule has 0 unspecified atom stereocenters. The lowest BCUT2D eigenvalue weighted by Gasteiger charge is -2.11. The summed E-state index contributed by atoms with van der Waals surface area (Å²) in [7, 11) is 0. The molecule has 1 aromatic heterocycles. The highest BCUT2D eigenvalue weighted by molar-refractivity contribution is 5.91. The lowest BCUT2D eigenvalue weighted by atomic mass is 10.2. The van der Waals surface area contributed by atoms with Gasteiger partial charge in [-0.25, -0.2) is 9.48 Å². The molecule has 5 nitrogen and oxygen atoms in total. The van der Waals surface area contributed by atoms with E-state index in [-0.39, 0.29) is 23.7 Å². The fraction of sp³-hybridized carbons (Fsp3) is 0.231. The van der Waals surface area contributed by atoms with Gasteiger partial charge < -0.3 is 9.84 Å². The smallest absolute Gasteiger partial charge is 0.433 e. The molecule has 0 atom stereocenters. The number of rotatable bonds is 4. The maximum absolute atomic E-state index is 13.1. The molecule has 0 aliphatic carbocycles. The molecule has 0 amide bonds. The van der Waals surface area contributed by atoms with Gasteiger partial charge in [-0.3, -0.25) is 0 Å². The van der Waals surface area contributed by atoms with Gasteiger partial charge in [0.25, 0.3) is 0 Å². The normalized spacial score (nSPS) is 11.4. The molecule has 0 spiro atoms. The lowest BCUT2D eigenvalue weighted by Crippen LogP contribution is -2.15. The van der Waals surface area contributed by atoms with Crippen LogP contribution in [-0.2, 0) is 6.18 Å². The van der Waals surface area contributed by atoms with Crippen LogP contribution < -0.4 is 4.74 Å². The number of halogens is 3. The Bertz CT molecular complexity index is 665. The molecule has 1 N–H and O–H groups in total. The second kappa shape index (κ2) is 5.47. The standard InChI is InChI=1S/C13H11F3N2O3/c1-2-21-11-7-10(13(14,15)16)18(17-11)9-6-4-3-5-8(9)12(19)20/h3-7H,2H2,1H3,(H,19,20). The van der Waals surface area contributed by atoms with Crippen LogP contribution >= 0.6 is 0 Å². The molecule has 0 bridgehead atoms. The molecule has 0 aliphatic heterocycles. The van der Waals surface area contributed by atoms with Crippen molar-refractivity contribution in [3.63, 3.8) is 0 Å². The van der Waals surface area contributed by atoms with Crippen LogP contribution in [0.3, 0.4) is 0 Å². The molecular formula is C13H11F3N2O3. The number of alkyl halides is 3. The summed E-state index contributed by atoms with van der Waals surface area (Å²) in [6.07, 6.45) is -4.69. The molecule has 0 fully saturated rings. The van der Waals surface area contributed by atoms with Gasteiger partial charge in [0.2, 0.25) is 5.88 Å². The summed E-state index contributed by atoms with van der Waals surface area (Å²) in [5, 5.41) is 12.8. The van der Waals surface area contributed by atoms with Gasteiger partial charge in [0.1, 0.15) is 0 Å². The zero-order valence-corrected chi connectivity index (χ0v) is 10.9. The number of nitrogens with zero attached hydrogens (tertiary/aromatic N) is 2. The van der Waals surface area contributed by atoms with Crippen molar-refractivity contribution in [2.24, 2.45) is 0 Å². The Hall–Kier alpha value is -2.51. The number of aromatic nitrogens is 2. The maximum atomic E-state index is 13.1. The number of carboxylic acids is 1. The van der Waals surface area contributed by atoms with Gasteiger partial charge in [-0.2, -0.15) is 13.2 Å². The van der Waals surface area contributed by atoms with Gasteiger partial charge in [-0.05, 0) is 19.1 Å². The summed E-state index contributed by atoms with van der Waals surface area (Å²) in [6.45, 7) is 1.76. The molecule has 2 rings (SSSR count). The van der Waals surface area contributed by atoms with Crippen molar-refractivity contribution in [2.45, 2.75) is 13.1 Å². The van der Waals surface area contributed by atoms with Gasteiger partial charge in [0.15, 0.2) is 5.69 Å². The van der Waals surface area contributed by atoms with E-state index in [0.29, 0.717) is 4.68 Å². The topological polar surface area (TPSA) is 64.3 Å². The molecule has 2 aromatic rings. The molecule has 0 radical (unpaired) electrons. The fourth-order valence-corrected chi connectivity index (χ4v) is 1.80. The van der Waals surface area contributed by atoms with E-state index in [1.54, 1.807) is 6.92 Å². The van der Waals surface area contributed by atoms with Crippen molar-refractivity contribution in [1.82, 2.24) is 9.78 Å². The third-order valence-corrected chi connectivity index (χ3v) is 2.63. The van der Waals surface area contributed by atoms with Gasteiger partial charge >= 0.3 is 12.1 Å². The average molecular weight is 300 g/mol. The minimum atomic E-state index is -4.69. The van der Waals surface area contributed by atoms with Crippen LogP contribution in [0.15, 0.2) is 30.3 Å². The third-order valence-electron chi connectivity index (χ3n) is 2.63. The van der Waals surface area contributed by atoms with Crippen molar-refractivity contribution in [1.29, 1.82) is 0 Å². The van der Waals surface area contributed by atoms with Gasteiger partial charge in [-0.1, -0.05) is 12.1 Å². The number of aromatic carboxylic acids is 1. The largest absolute Gasteiger partial charge is 0.478 e. The monoisotopic (exact) mass is 300 g/mol. The summed E-state index contributed by atoms with van der Waals surface area (Å²) < 4.78 is 44.7. The Kier molecular flexibility index (Phi) is 3.88. The summed E-state index contributed by atoms with van der Waals surface area (Å²) >= 11 is 0. The van der Waals surface area contributed by atoms with Crippen LogP contribution in [0.1, 0.15) is 23.0 Å². The highest BCUT2D eigenvalue weighted by Gasteiger charge is 2.37. The van der Waals surface area contributed by atoms with Gasteiger partial charge in [0.05, 0.1) is 17.9 Å². The Labute approximate surface area is 117 Å². The number of carboxylic acid groups (broad SMARTS) is 1. The second-order valence-electron chi connectivity index (χ2n) is 4.03. The van der Waals surface area contributed by atoms with Crippen LogP contribution in [0.2, 0.25) is 0 Å². The molecule has 21 heavy (non-hydrogen) atoms. The quantitative estimate of drug-likeness (QED) is 0.942. The number of hydrogen-bond acceptors (Lipinski definition) is 3. The van der Waals surface area contributed by atoms with Crippen LogP contribution in [0.25, 0.3) is 5.69 Å². The van der Waals surface area contributed by atoms with E-state index in [9.17, 15) is 18.0 Å². The van der Waals surface area contributed by atoms with E-state index in [1.807, 2.05) is 0 Å². The van der Waals surface area contributed by atoms with Crippen molar-refractivity contribution >= 4 is 5.97 Å². The van der Waals surface area contributed by atoms with Crippen molar-refractivity contribution in [3.8, 4) is 11.6 Å². The molecule has 1 heterocycles. The van der Waals surface area contributed by atoms with E-state index < -0.39 is 17.8 Å². The van der Waals surface area contributed by atoms with Crippen molar-refractivity contribution in [3.05, 3.63) is 41.6 Å². The zero-order chi connectivity index (χ0) is 15.6. The molecular weight excluding hydrogens is 289 g/mol. The predicted molar refractivity (Wildman–Crippen MR) is 66.7 cm³/mol. The van der Waals surface area contributed by atoms with E-state index in [1.165, 1.54) is 24.3 Å². The first-order valence-corrected chi connectivity index (χ1v) is 5.97. The number of carbonyl (C=O) groups is 1. The Morgan fingerprint density at radius 1 is 1.38 bits per heavy atom. The number of para-hydroxylation sites is 1. The third kappa shape index (κ3) is 2.99. The van der Waals surface area contributed by atoms with Crippen molar-refractivity contribution in [2.75, 3.05) is 6.61 Å². The molecule has 0 saturated heterocycles. The van der Waals surface area contributed by atoms with E-state index in [4.69, 9.17) is 9.84 Å². The molecule has 0 saturated carbocycles. The molecule has 1 aromatic carbocycles. The van der Waals surface area contributed by atoms with Gasteiger partial charge in [0, 0.05) is 6.07 Å². The van der Waals surface area contributed by atoms with E-state index in [2.05, 4.69) is 5.10 Å². The summed E-state index contributed by atoms with van der Waals surface area (Å²) in [4.78, 5) is 11.1. The highest BCUT2D eigenvalue weighted by atomic mass is 19.4. The van der Waals surface area contributed by atoms with E-state index in [0.717, 1.165) is 6.07 Å². The maximum Gasteiger partial charge on any atom is 0.433 e. The minimum absolute atomic E-state index is 0.148. The number of ether oxygens (including phenoxy) is 1. The number of benzene rings is 1. The SMILES string of the molecule is CCOc1cc(C(F)(F)F)n(-c2ccccc2C(=O)O)n1. The van der Waals surface area contributed by atoms with Crippen LogP contribution in [0.5, 0.6) is 5.88 Å². The minimum Gasteiger partial charge on any atom is -0.478 e. The lowest BCUT2D eigenvalue weighted by molar-refractivity contribution is -0.142. The Balaban J connectivity index is 2.65. The Morgan fingerprint density at radius 3 is 2.62 bits per heavy atom. The first-order chi connectivity index (χ1) is 9.84. The summed E-state index contributed by atoms with van der Waals surface area (Å²) in [5.41, 5.74) is -1.56. The zero-order valence-electron chi connectivity index (χ0n) is 10.9.